The zero-order valence-corrected chi connectivity index (χ0v) is 13.4. The number of nitrogens with one attached hydrogen (secondary N) is 1. The highest BCUT2D eigenvalue weighted by atomic mass is 35.5. The van der Waals surface area contributed by atoms with E-state index in [9.17, 15) is 9.59 Å². The van der Waals surface area contributed by atoms with E-state index < -0.39 is 0 Å². The minimum Gasteiger partial charge on any atom is -0.355 e. The summed E-state index contributed by atoms with van der Waals surface area (Å²) < 4.78 is 1.31. The Morgan fingerprint density at radius 3 is 2.91 bits per heavy atom. The van der Waals surface area contributed by atoms with Crippen molar-refractivity contribution in [2.45, 2.75) is 39.2 Å². The van der Waals surface area contributed by atoms with Crippen LogP contribution in [-0.4, -0.2) is 22.0 Å². The van der Waals surface area contributed by atoms with Gasteiger partial charge in [0.15, 0.2) is 0 Å². The van der Waals surface area contributed by atoms with Crippen LogP contribution in [0.1, 0.15) is 32.6 Å². The van der Waals surface area contributed by atoms with Crippen molar-refractivity contribution in [2.75, 3.05) is 6.54 Å². The highest BCUT2D eigenvalue weighted by molar-refractivity contribution is 6.31. The lowest BCUT2D eigenvalue weighted by atomic mass is 10.2. The smallest absolute Gasteiger partial charge is 0.261 e. The first-order valence-electron chi connectivity index (χ1n) is 7.53. The fourth-order valence-electron chi connectivity index (χ4n) is 2.23. The molecule has 118 valence electrons. The van der Waals surface area contributed by atoms with Gasteiger partial charge in [0.25, 0.3) is 5.56 Å². The molecule has 2 aromatic rings. The maximum atomic E-state index is 12.3. The van der Waals surface area contributed by atoms with Gasteiger partial charge in [-0.25, -0.2) is 4.98 Å². The number of unbranched alkanes of at least 4 members (excludes halogenated alkanes) is 3. The Morgan fingerprint density at radius 1 is 1.32 bits per heavy atom. The maximum absolute atomic E-state index is 12.3. The van der Waals surface area contributed by atoms with Crippen LogP contribution < -0.4 is 10.9 Å². The number of carbonyl (C=O) groups excluding carboxylic acids is 1. The van der Waals surface area contributed by atoms with E-state index in [1.54, 1.807) is 18.2 Å². The predicted octanol–water partition coefficient (Wildman–Crippen LogP) is 2.75. The monoisotopic (exact) mass is 321 g/mol. The number of hydrogen-bond acceptors (Lipinski definition) is 3. The molecule has 1 amide bonds. The summed E-state index contributed by atoms with van der Waals surface area (Å²) in [7, 11) is 0. The molecule has 6 heteroatoms. The lowest BCUT2D eigenvalue weighted by Gasteiger charge is -2.08. The third kappa shape index (κ3) is 4.31. The molecule has 1 heterocycles. The SMILES string of the molecule is CCCCCCNC(=O)Cn1cnc2ccc(Cl)cc2c1=O. The highest BCUT2D eigenvalue weighted by Crippen LogP contribution is 2.13. The molecule has 1 aromatic carbocycles. The molecule has 2 rings (SSSR count). The number of halogens is 1. The number of amides is 1. The van der Waals surface area contributed by atoms with E-state index in [1.807, 2.05) is 0 Å². The third-order valence-corrected chi connectivity index (χ3v) is 3.69. The highest BCUT2D eigenvalue weighted by Gasteiger charge is 2.08. The molecule has 0 bridgehead atoms. The second kappa shape index (κ2) is 7.94. The van der Waals surface area contributed by atoms with Gasteiger partial charge in [0.05, 0.1) is 17.2 Å². The minimum atomic E-state index is -0.256. The molecule has 0 aliphatic carbocycles. The molecule has 0 aliphatic rings. The second-order valence-electron chi connectivity index (χ2n) is 5.25. The first-order valence-corrected chi connectivity index (χ1v) is 7.91. The summed E-state index contributed by atoms with van der Waals surface area (Å²) in [6.07, 6.45) is 5.79. The number of carbonyl (C=O) groups is 1. The van der Waals surface area contributed by atoms with Crippen LogP contribution in [0.4, 0.5) is 0 Å². The molecule has 22 heavy (non-hydrogen) atoms. The van der Waals surface area contributed by atoms with Crippen LogP contribution in [0.25, 0.3) is 10.9 Å². The molecule has 0 saturated carbocycles. The van der Waals surface area contributed by atoms with E-state index in [0.717, 1.165) is 19.3 Å². The van der Waals surface area contributed by atoms with E-state index in [2.05, 4.69) is 17.2 Å². The van der Waals surface area contributed by atoms with E-state index >= 15 is 0 Å². The molecule has 0 unspecified atom stereocenters. The van der Waals surface area contributed by atoms with Crippen molar-refractivity contribution in [3.05, 3.63) is 39.9 Å². The van der Waals surface area contributed by atoms with Crippen LogP contribution in [0.5, 0.6) is 0 Å². The molecule has 0 spiro atoms. The summed E-state index contributed by atoms with van der Waals surface area (Å²) in [5.74, 6) is -0.179. The zero-order valence-electron chi connectivity index (χ0n) is 12.6. The number of nitrogens with zero attached hydrogens (tertiary/aromatic N) is 2. The van der Waals surface area contributed by atoms with E-state index in [0.29, 0.717) is 22.5 Å². The summed E-state index contributed by atoms with van der Waals surface area (Å²) in [6.45, 7) is 2.76. The van der Waals surface area contributed by atoms with Crippen molar-refractivity contribution in [3.63, 3.8) is 0 Å². The summed E-state index contributed by atoms with van der Waals surface area (Å²) >= 11 is 5.90. The van der Waals surface area contributed by atoms with Crippen molar-refractivity contribution in [3.8, 4) is 0 Å². The Bertz CT molecular complexity index is 712. The summed E-state index contributed by atoms with van der Waals surface area (Å²) in [4.78, 5) is 28.4. The molecule has 0 aliphatic heterocycles. The van der Waals surface area contributed by atoms with Gasteiger partial charge in [0, 0.05) is 11.6 Å². The number of aromatic nitrogens is 2. The van der Waals surface area contributed by atoms with E-state index in [1.165, 1.54) is 17.3 Å². The lowest BCUT2D eigenvalue weighted by Crippen LogP contribution is -2.33. The first-order chi connectivity index (χ1) is 10.6. The Morgan fingerprint density at radius 2 is 2.14 bits per heavy atom. The Balaban J connectivity index is 2.01. The molecule has 0 atom stereocenters. The van der Waals surface area contributed by atoms with Gasteiger partial charge < -0.3 is 5.32 Å². The van der Waals surface area contributed by atoms with Crippen molar-refractivity contribution >= 4 is 28.4 Å². The average molecular weight is 322 g/mol. The van der Waals surface area contributed by atoms with Crippen LogP contribution in [0, 0.1) is 0 Å². The summed E-state index contributed by atoms with van der Waals surface area (Å²) in [5.41, 5.74) is 0.319. The molecule has 1 N–H and O–H groups in total. The van der Waals surface area contributed by atoms with Crippen molar-refractivity contribution in [2.24, 2.45) is 0 Å². The normalized spacial score (nSPS) is 10.8. The van der Waals surface area contributed by atoms with Crippen molar-refractivity contribution in [1.82, 2.24) is 14.9 Å². The van der Waals surface area contributed by atoms with Crippen LogP contribution in [0.3, 0.4) is 0 Å². The van der Waals surface area contributed by atoms with Crippen LogP contribution >= 0.6 is 11.6 Å². The third-order valence-electron chi connectivity index (χ3n) is 3.45. The maximum Gasteiger partial charge on any atom is 0.261 e. The van der Waals surface area contributed by atoms with Gasteiger partial charge >= 0.3 is 0 Å². The van der Waals surface area contributed by atoms with Gasteiger partial charge in [0.2, 0.25) is 5.91 Å². The van der Waals surface area contributed by atoms with Gasteiger partial charge in [-0.2, -0.15) is 0 Å². The second-order valence-corrected chi connectivity index (χ2v) is 5.69. The fourth-order valence-corrected chi connectivity index (χ4v) is 2.41. The number of rotatable bonds is 7. The molecule has 0 fully saturated rings. The largest absolute Gasteiger partial charge is 0.355 e. The van der Waals surface area contributed by atoms with Gasteiger partial charge in [0.1, 0.15) is 6.54 Å². The standard InChI is InChI=1S/C16H20ClN3O2/c1-2-3-4-5-8-18-15(21)10-20-11-19-14-7-6-12(17)9-13(14)16(20)22/h6-7,9,11H,2-5,8,10H2,1H3,(H,18,21). The number of fused-ring (bicyclic) bond motifs is 1. The topological polar surface area (TPSA) is 64.0 Å². The quantitative estimate of drug-likeness (QED) is 0.797. The molecule has 0 radical (unpaired) electrons. The zero-order chi connectivity index (χ0) is 15.9. The summed E-state index contributed by atoms with van der Waals surface area (Å²) in [6, 6.07) is 4.95. The van der Waals surface area contributed by atoms with Gasteiger partial charge in [-0.15, -0.1) is 0 Å². The van der Waals surface area contributed by atoms with Gasteiger partial charge in [-0.1, -0.05) is 37.8 Å². The van der Waals surface area contributed by atoms with E-state index in [-0.39, 0.29) is 18.0 Å². The average Bonchev–Trinajstić information content (AvgIpc) is 2.50. The van der Waals surface area contributed by atoms with Crippen molar-refractivity contribution < 1.29 is 4.79 Å². The van der Waals surface area contributed by atoms with Crippen molar-refractivity contribution in [1.29, 1.82) is 0 Å². The van der Waals surface area contributed by atoms with Crippen LogP contribution in [0.15, 0.2) is 29.3 Å². The van der Waals surface area contributed by atoms with Crippen LogP contribution in [0.2, 0.25) is 5.02 Å². The fraction of sp³-hybridized carbons (Fsp3) is 0.438. The minimum absolute atomic E-state index is 0.0257. The molecule has 0 saturated heterocycles. The predicted molar refractivity (Wildman–Crippen MR) is 88.2 cm³/mol. The molecule has 1 aromatic heterocycles. The first kappa shape index (κ1) is 16.5. The molecule has 5 nitrogen and oxygen atoms in total. The molecular formula is C16H20ClN3O2. The Labute approximate surface area is 134 Å². The number of benzene rings is 1. The van der Waals surface area contributed by atoms with Gasteiger partial charge in [-0.3, -0.25) is 14.2 Å². The molecular weight excluding hydrogens is 302 g/mol. The van der Waals surface area contributed by atoms with E-state index in [4.69, 9.17) is 11.6 Å². The lowest BCUT2D eigenvalue weighted by molar-refractivity contribution is -0.121. The number of hydrogen-bond donors (Lipinski definition) is 1. The summed E-state index contributed by atoms with van der Waals surface area (Å²) in [5, 5.41) is 3.72. The Hall–Kier alpha value is -1.88. The Kier molecular flexibility index (Phi) is 5.95. The van der Waals surface area contributed by atoms with Gasteiger partial charge in [-0.05, 0) is 24.6 Å². The van der Waals surface area contributed by atoms with Crippen LogP contribution in [-0.2, 0) is 11.3 Å².